The minimum absolute atomic E-state index is 0.0495. The molecular formula is C15H20BFN2O3. The number of pyridine rings is 1. The van der Waals surface area contributed by atoms with E-state index < -0.39 is 24.1 Å². The number of aldehydes is 1. The van der Waals surface area contributed by atoms with Gasteiger partial charge in [0.1, 0.15) is 0 Å². The van der Waals surface area contributed by atoms with Gasteiger partial charge in [-0.1, -0.05) is 0 Å². The molecule has 0 atom stereocenters. The Kier molecular flexibility index (Phi) is 4.51. The molecule has 1 aliphatic rings. The second-order valence-corrected chi connectivity index (χ2v) is 6.26. The zero-order valence-electron chi connectivity index (χ0n) is 13.2. The van der Waals surface area contributed by atoms with Gasteiger partial charge in [-0.3, -0.25) is 9.78 Å². The van der Waals surface area contributed by atoms with Crippen molar-refractivity contribution in [3.05, 3.63) is 34.8 Å². The second-order valence-electron chi connectivity index (χ2n) is 6.26. The van der Waals surface area contributed by atoms with Crippen LogP contribution in [0, 0.1) is 5.82 Å². The lowest BCUT2D eigenvalue weighted by Gasteiger charge is -2.32. The Labute approximate surface area is 129 Å². The maximum absolute atomic E-state index is 13.3. The summed E-state index contributed by atoms with van der Waals surface area (Å²) < 4.78 is 25.2. The Hall–Kier alpha value is -1.57. The Bertz CT molecular complexity index is 601. The molecule has 0 spiro atoms. The van der Waals surface area contributed by atoms with Crippen molar-refractivity contribution < 1.29 is 18.5 Å². The van der Waals surface area contributed by atoms with Crippen molar-refractivity contribution in [2.45, 2.75) is 38.9 Å². The lowest BCUT2D eigenvalue weighted by Crippen LogP contribution is -2.41. The van der Waals surface area contributed by atoms with Gasteiger partial charge in [0.15, 0.2) is 12.1 Å². The molecule has 1 aliphatic heterocycles. The van der Waals surface area contributed by atoms with Gasteiger partial charge in [-0.25, -0.2) is 4.39 Å². The third-order valence-electron chi connectivity index (χ3n) is 4.16. The van der Waals surface area contributed by atoms with Gasteiger partial charge in [0, 0.05) is 6.54 Å². The van der Waals surface area contributed by atoms with Crippen molar-refractivity contribution in [2.75, 3.05) is 6.54 Å². The Morgan fingerprint density at radius 2 is 1.95 bits per heavy atom. The first-order valence-corrected chi connectivity index (χ1v) is 7.07. The molecule has 0 aromatic carbocycles. The Morgan fingerprint density at radius 1 is 1.36 bits per heavy atom. The summed E-state index contributed by atoms with van der Waals surface area (Å²) in [7, 11) is -0.596. The maximum Gasteiger partial charge on any atom is 0.491 e. The number of nitrogens with zero attached hydrogens (tertiary/aromatic N) is 1. The molecule has 1 aromatic rings. The van der Waals surface area contributed by atoms with Crippen LogP contribution in [-0.4, -0.2) is 36.1 Å². The maximum atomic E-state index is 13.3. The zero-order chi connectivity index (χ0) is 16.5. The molecule has 1 aromatic heterocycles. The van der Waals surface area contributed by atoms with E-state index in [4.69, 9.17) is 15.0 Å². The molecule has 0 bridgehead atoms. The van der Waals surface area contributed by atoms with Gasteiger partial charge in [0.2, 0.25) is 0 Å². The molecule has 2 rings (SSSR count). The van der Waals surface area contributed by atoms with Crippen molar-refractivity contribution in [2.24, 2.45) is 5.73 Å². The standard InChI is InChI=1S/C15H20BFN2O3/c1-14(2)15(3,4)22-16(21-14)11(7-18)6-12-5-10(9-20)13(17)8-19-12/h5-6,8-9H,7,18H2,1-4H3. The fourth-order valence-electron chi connectivity index (χ4n) is 2.05. The first kappa shape index (κ1) is 16.8. The number of rotatable bonds is 4. The number of halogens is 1. The van der Waals surface area contributed by atoms with Gasteiger partial charge in [-0.2, -0.15) is 0 Å². The quantitative estimate of drug-likeness (QED) is 0.680. The highest BCUT2D eigenvalue weighted by Crippen LogP contribution is 2.38. The van der Waals surface area contributed by atoms with E-state index in [9.17, 15) is 9.18 Å². The molecule has 0 aliphatic carbocycles. The highest BCUT2D eigenvalue weighted by atomic mass is 19.1. The summed E-state index contributed by atoms with van der Waals surface area (Å²) in [6, 6.07) is 1.36. The SMILES string of the molecule is CC1(C)OB(C(=Cc2cc(C=O)c(F)cn2)CN)OC1(C)C. The van der Waals surface area contributed by atoms with Gasteiger partial charge in [0.05, 0.1) is 28.7 Å². The third-order valence-corrected chi connectivity index (χ3v) is 4.16. The van der Waals surface area contributed by atoms with Gasteiger partial charge >= 0.3 is 7.12 Å². The largest absolute Gasteiger partial charge is 0.491 e. The predicted molar refractivity (Wildman–Crippen MR) is 82.7 cm³/mol. The van der Waals surface area contributed by atoms with Crippen molar-refractivity contribution in [3.8, 4) is 0 Å². The molecule has 2 heterocycles. The summed E-state index contributed by atoms with van der Waals surface area (Å²) in [5.41, 5.74) is 5.88. The predicted octanol–water partition coefficient (Wildman–Crippen LogP) is 2.01. The normalized spacial score (nSPS) is 20.3. The van der Waals surface area contributed by atoms with E-state index >= 15 is 0 Å². The van der Waals surface area contributed by atoms with Gasteiger partial charge in [-0.05, 0) is 45.3 Å². The first-order valence-electron chi connectivity index (χ1n) is 7.07. The minimum Gasteiger partial charge on any atom is -0.400 e. The molecule has 1 fully saturated rings. The number of hydrogen-bond donors (Lipinski definition) is 1. The topological polar surface area (TPSA) is 74.4 Å². The number of aromatic nitrogens is 1. The summed E-state index contributed by atoms with van der Waals surface area (Å²) in [5, 5.41) is 0. The third kappa shape index (κ3) is 3.11. The molecule has 2 N–H and O–H groups in total. The van der Waals surface area contributed by atoms with Crippen LogP contribution in [0.3, 0.4) is 0 Å². The summed E-state index contributed by atoms with van der Waals surface area (Å²) in [5.74, 6) is -0.655. The molecule has 0 radical (unpaired) electrons. The molecule has 22 heavy (non-hydrogen) atoms. The van der Waals surface area contributed by atoms with E-state index in [1.807, 2.05) is 27.7 Å². The summed E-state index contributed by atoms with van der Waals surface area (Å²) >= 11 is 0. The molecule has 0 amide bonds. The number of hydrogen-bond acceptors (Lipinski definition) is 5. The van der Waals surface area contributed by atoms with Crippen LogP contribution in [0.25, 0.3) is 6.08 Å². The number of nitrogens with two attached hydrogens (primary N) is 1. The lowest BCUT2D eigenvalue weighted by molar-refractivity contribution is 0.00578. The van der Waals surface area contributed by atoms with Gasteiger partial charge in [-0.15, -0.1) is 0 Å². The van der Waals surface area contributed by atoms with E-state index in [2.05, 4.69) is 4.98 Å². The molecule has 0 saturated carbocycles. The summed E-state index contributed by atoms with van der Waals surface area (Å²) in [4.78, 5) is 14.7. The van der Waals surface area contributed by atoms with Crippen molar-refractivity contribution >= 4 is 19.5 Å². The van der Waals surface area contributed by atoms with E-state index in [1.54, 1.807) is 6.08 Å². The molecule has 5 nitrogen and oxygen atoms in total. The van der Waals surface area contributed by atoms with Crippen LogP contribution in [0.2, 0.25) is 0 Å². The van der Waals surface area contributed by atoms with Gasteiger partial charge < -0.3 is 15.0 Å². The van der Waals surface area contributed by atoms with E-state index in [1.165, 1.54) is 6.07 Å². The first-order chi connectivity index (χ1) is 10.2. The second kappa shape index (κ2) is 5.91. The van der Waals surface area contributed by atoms with E-state index in [0.29, 0.717) is 17.5 Å². The molecular weight excluding hydrogens is 286 g/mol. The van der Waals surface area contributed by atoms with Crippen molar-refractivity contribution in [1.29, 1.82) is 0 Å². The molecule has 1 saturated heterocycles. The number of carbonyl (C=O) groups excluding carboxylic acids is 1. The van der Waals surface area contributed by atoms with Crippen molar-refractivity contribution in [1.82, 2.24) is 4.98 Å². The van der Waals surface area contributed by atoms with Crippen LogP contribution < -0.4 is 5.73 Å². The van der Waals surface area contributed by atoms with Gasteiger partial charge in [0.25, 0.3) is 0 Å². The van der Waals surface area contributed by atoms with Crippen LogP contribution in [0.4, 0.5) is 4.39 Å². The van der Waals surface area contributed by atoms with Crippen molar-refractivity contribution in [3.63, 3.8) is 0 Å². The Morgan fingerprint density at radius 3 is 2.45 bits per heavy atom. The van der Waals surface area contributed by atoms with Crippen LogP contribution in [0.5, 0.6) is 0 Å². The highest BCUT2D eigenvalue weighted by molar-refractivity contribution is 6.55. The highest BCUT2D eigenvalue weighted by Gasteiger charge is 2.52. The Balaban J connectivity index is 2.31. The van der Waals surface area contributed by atoms with Crippen LogP contribution in [0.1, 0.15) is 43.7 Å². The average molecular weight is 306 g/mol. The molecule has 0 unspecified atom stereocenters. The average Bonchev–Trinajstić information content (AvgIpc) is 2.66. The van der Waals surface area contributed by atoms with Crippen LogP contribution in [0.15, 0.2) is 17.7 Å². The molecule has 118 valence electrons. The summed E-state index contributed by atoms with van der Waals surface area (Å²) in [6.45, 7) is 7.99. The van der Waals surface area contributed by atoms with Crippen LogP contribution in [-0.2, 0) is 9.31 Å². The fraction of sp³-hybridized carbons (Fsp3) is 0.467. The lowest BCUT2D eigenvalue weighted by atomic mass is 9.77. The molecule has 7 heteroatoms. The number of carbonyl (C=O) groups is 1. The summed E-state index contributed by atoms with van der Waals surface area (Å²) in [6.07, 6.45) is 3.12. The minimum atomic E-state index is -0.655. The zero-order valence-corrected chi connectivity index (χ0v) is 13.2. The van der Waals surface area contributed by atoms with E-state index in [0.717, 1.165) is 6.20 Å². The monoisotopic (exact) mass is 306 g/mol. The fourth-order valence-corrected chi connectivity index (χ4v) is 2.05. The smallest absolute Gasteiger partial charge is 0.400 e. The van der Waals surface area contributed by atoms with Crippen LogP contribution >= 0.6 is 0 Å². The van der Waals surface area contributed by atoms with E-state index in [-0.39, 0.29) is 12.1 Å².